The summed E-state index contributed by atoms with van der Waals surface area (Å²) in [7, 11) is 0. The zero-order chi connectivity index (χ0) is 32.7. The molecule has 0 saturated carbocycles. The molecule has 2 fully saturated rings. The Kier molecular flexibility index (Phi) is 12.2. The molecule has 0 bridgehead atoms. The molecular formula is C29H48N6O8. The standard InChI is InChI=1S/C29H48N6O8/c1-8-9-11-17(22(38)24(30)39)31-25(40)18-12-10-13-34(18)26(41)23(29(5,6)7)33-27(42)32-19(28(2,3)4)14-35-20(36)15-43-16-21(35)37/h17-19,23H,8-16H2,1-7H3,(H2,30,39)(H,31,40)(H2,32,33,42)/t17?,18-,19+,23+/m0/s1. The minimum atomic E-state index is -1.14. The van der Waals surface area contributed by atoms with E-state index in [1.54, 1.807) is 20.8 Å². The van der Waals surface area contributed by atoms with Crippen LogP contribution in [0.15, 0.2) is 0 Å². The van der Waals surface area contributed by atoms with Crippen molar-refractivity contribution in [3.8, 4) is 0 Å². The molecule has 2 aliphatic rings. The highest BCUT2D eigenvalue weighted by atomic mass is 16.5. The van der Waals surface area contributed by atoms with Crippen molar-refractivity contribution in [3.05, 3.63) is 0 Å². The minimum absolute atomic E-state index is 0.0658. The van der Waals surface area contributed by atoms with E-state index in [1.807, 2.05) is 27.7 Å². The van der Waals surface area contributed by atoms with Crippen molar-refractivity contribution in [2.75, 3.05) is 26.3 Å². The van der Waals surface area contributed by atoms with Gasteiger partial charge in [-0.1, -0.05) is 61.3 Å². The Morgan fingerprint density at radius 3 is 2.07 bits per heavy atom. The molecule has 242 valence electrons. The summed E-state index contributed by atoms with van der Waals surface area (Å²) < 4.78 is 4.98. The molecule has 43 heavy (non-hydrogen) atoms. The van der Waals surface area contributed by atoms with Crippen LogP contribution in [0.2, 0.25) is 0 Å². The Hall–Kier alpha value is -3.55. The summed E-state index contributed by atoms with van der Waals surface area (Å²) in [5.41, 5.74) is 3.85. The van der Waals surface area contributed by atoms with E-state index in [4.69, 9.17) is 10.5 Å². The fraction of sp³-hybridized carbons (Fsp3) is 0.759. The van der Waals surface area contributed by atoms with Gasteiger partial charge >= 0.3 is 6.03 Å². The van der Waals surface area contributed by atoms with Gasteiger partial charge in [0.25, 0.3) is 17.7 Å². The van der Waals surface area contributed by atoms with Crippen LogP contribution < -0.4 is 21.7 Å². The van der Waals surface area contributed by atoms with Crippen molar-refractivity contribution in [1.29, 1.82) is 0 Å². The Morgan fingerprint density at radius 2 is 1.56 bits per heavy atom. The third-order valence-electron chi connectivity index (χ3n) is 7.72. The number of rotatable bonds is 12. The molecule has 0 aliphatic carbocycles. The molecule has 0 spiro atoms. The molecule has 7 amide bonds. The number of morpholine rings is 1. The lowest BCUT2D eigenvalue weighted by atomic mass is 9.85. The number of ether oxygens (including phenoxy) is 1. The maximum absolute atomic E-state index is 13.9. The van der Waals surface area contributed by atoms with Crippen LogP contribution in [0, 0.1) is 10.8 Å². The van der Waals surface area contributed by atoms with Gasteiger partial charge in [0.15, 0.2) is 0 Å². The Labute approximate surface area is 253 Å². The van der Waals surface area contributed by atoms with E-state index in [0.717, 1.165) is 11.3 Å². The van der Waals surface area contributed by atoms with E-state index < -0.39 is 76.3 Å². The SMILES string of the molecule is CCCCC(NC(=O)[C@@H]1CCCN1C(=O)[C@@H](NC(=O)N[C@H](CN1C(=O)COCC1=O)C(C)(C)C)C(C)(C)C)C(=O)C(N)=O. The number of ketones is 1. The number of amides is 7. The summed E-state index contributed by atoms with van der Waals surface area (Å²) in [4.78, 5) is 91.4. The molecule has 4 atom stereocenters. The van der Waals surface area contributed by atoms with Crippen LogP contribution >= 0.6 is 0 Å². The highest BCUT2D eigenvalue weighted by molar-refractivity contribution is 6.37. The molecule has 2 saturated heterocycles. The number of Topliss-reactive ketones (excluding diaryl/α,β-unsaturated/α-hetero) is 1. The lowest BCUT2D eigenvalue weighted by Crippen LogP contribution is -2.62. The van der Waals surface area contributed by atoms with Crippen LogP contribution in [0.4, 0.5) is 4.79 Å². The van der Waals surface area contributed by atoms with Crippen LogP contribution in [-0.2, 0) is 33.5 Å². The third-order valence-corrected chi connectivity index (χ3v) is 7.72. The summed E-state index contributed by atoms with van der Waals surface area (Å²) in [6.07, 6.45) is 2.45. The lowest BCUT2D eigenvalue weighted by Gasteiger charge is -2.38. The quantitative estimate of drug-likeness (QED) is 0.178. The normalized spacial score (nSPS) is 19.8. The average molecular weight is 609 g/mol. The maximum Gasteiger partial charge on any atom is 0.315 e. The van der Waals surface area contributed by atoms with Gasteiger partial charge in [0.2, 0.25) is 17.6 Å². The van der Waals surface area contributed by atoms with Gasteiger partial charge in [0, 0.05) is 13.1 Å². The predicted molar refractivity (Wildman–Crippen MR) is 156 cm³/mol. The zero-order valence-corrected chi connectivity index (χ0v) is 26.4. The predicted octanol–water partition coefficient (Wildman–Crippen LogP) is 0.221. The molecule has 0 aromatic carbocycles. The fourth-order valence-electron chi connectivity index (χ4n) is 5.01. The molecule has 5 N–H and O–H groups in total. The monoisotopic (exact) mass is 608 g/mol. The number of nitrogens with two attached hydrogens (primary N) is 1. The van der Waals surface area contributed by atoms with Gasteiger partial charge in [0.1, 0.15) is 25.3 Å². The molecule has 2 heterocycles. The van der Waals surface area contributed by atoms with E-state index in [1.165, 1.54) is 4.90 Å². The van der Waals surface area contributed by atoms with Gasteiger partial charge in [-0.2, -0.15) is 0 Å². The smallest absolute Gasteiger partial charge is 0.315 e. The van der Waals surface area contributed by atoms with Gasteiger partial charge in [-0.3, -0.25) is 33.7 Å². The van der Waals surface area contributed by atoms with Crippen LogP contribution in [0.3, 0.4) is 0 Å². The second-order valence-corrected chi connectivity index (χ2v) is 13.3. The number of carbonyl (C=O) groups is 7. The molecular weight excluding hydrogens is 560 g/mol. The summed E-state index contributed by atoms with van der Waals surface area (Å²) in [6.45, 7) is 12.5. The molecule has 0 aromatic heterocycles. The molecule has 0 radical (unpaired) electrons. The summed E-state index contributed by atoms with van der Waals surface area (Å²) in [5, 5.41) is 8.20. The lowest BCUT2D eigenvalue weighted by molar-refractivity contribution is -0.159. The van der Waals surface area contributed by atoms with E-state index in [-0.39, 0.29) is 32.7 Å². The Bertz CT molecular complexity index is 1080. The first kappa shape index (κ1) is 35.6. The number of likely N-dealkylation sites (tertiary alicyclic amines) is 1. The molecule has 2 rings (SSSR count). The van der Waals surface area contributed by atoms with Crippen molar-refractivity contribution in [2.45, 2.75) is 105 Å². The second kappa shape index (κ2) is 14.8. The van der Waals surface area contributed by atoms with Gasteiger partial charge < -0.3 is 31.3 Å². The number of nitrogens with one attached hydrogen (secondary N) is 3. The third kappa shape index (κ3) is 9.73. The first-order chi connectivity index (χ1) is 19.9. The van der Waals surface area contributed by atoms with E-state index in [0.29, 0.717) is 19.3 Å². The molecule has 0 aromatic rings. The highest BCUT2D eigenvalue weighted by Crippen LogP contribution is 2.27. The average Bonchev–Trinajstić information content (AvgIpc) is 3.39. The van der Waals surface area contributed by atoms with Gasteiger partial charge in [-0.05, 0) is 30.1 Å². The number of imide groups is 1. The number of hydrogen-bond acceptors (Lipinski definition) is 8. The molecule has 14 heteroatoms. The van der Waals surface area contributed by atoms with Crippen LogP contribution in [0.5, 0.6) is 0 Å². The van der Waals surface area contributed by atoms with E-state index >= 15 is 0 Å². The number of nitrogens with zero attached hydrogens (tertiary/aromatic N) is 2. The Balaban J connectivity index is 2.20. The minimum Gasteiger partial charge on any atom is -0.363 e. The van der Waals surface area contributed by atoms with E-state index in [9.17, 15) is 33.6 Å². The number of primary amides is 1. The van der Waals surface area contributed by atoms with Gasteiger partial charge in [-0.25, -0.2) is 4.79 Å². The highest BCUT2D eigenvalue weighted by Gasteiger charge is 2.43. The Morgan fingerprint density at radius 1 is 0.953 bits per heavy atom. The second-order valence-electron chi connectivity index (χ2n) is 13.3. The maximum atomic E-state index is 13.9. The summed E-state index contributed by atoms with van der Waals surface area (Å²) >= 11 is 0. The molecule has 14 nitrogen and oxygen atoms in total. The largest absolute Gasteiger partial charge is 0.363 e. The zero-order valence-electron chi connectivity index (χ0n) is 26.4. The molecule has 2 aliphatic heterocycles. The van der Waals surface area contributed by atoms with Gasteiger partial charge in [0.05, 0.1) is 12.1 Å². The fourth-order valence-corrected chi connectivity index (χ4v) is 5.01. The van der Waals surface area contributed by atoms with Crippen LogP contribution in [0.1, 0.15) is 80.6 Å². The van der Waals surface area contributed by atoms with Crippen molar-refractivity contribution in [2.24, 2.45) is 16.6 Å². The number of urea groups is 1. The van der Waals surface area contributed by atoms with Crippen molar-refractivity contribution in [3.63, 3.8) is 0 Å². The first-order valence-electron chi connectivity index (χ1n) is 14.8. The van der Waals surface area contributed by atoms with Gasteiger partial charge in [-0.15, -0.1) is 0 Å². The topological polar surface area (TPSA) is 197 Å². The van der Waals surface area contributed by atoms with E-state index in [2.05, 4.69) is 16.0 Å². The summed E-state index contributed by atoms with van der Waals surface area (Å²) in [6, 6.07) is -4.34. The van der Waals surface area contributed by atoms with Crippen LogP contribution in [-0.4, -0.2) is 102 Å². The molecule has 1 unspecified atom stereocenters. The number of carbonyl (C=O) groups excluding carboxylic acids is 7. The number of unbranched alkanes of at least 4 members (excludes halogenated alkanes) is 1. The number of hydrogen-bond donors (Lipinski definition) is 4. The van der Waals surface area contributed by atoms with Crippen molar-refractivity contribution in [1.82, 2.24) is 25.8 Å². The van der Waals surface area contributed by atoms with Crippen LogP contribution in [0.25, 0.3) is 0 Å². The van der Waals surface area contributed by atoms with Crippen molar-refractivity contribution < 1.29 is 38.3 Å². The summed E-state index contributed by atoms with van der Waals surface area (Å²) in [5.74, 6) is -4.06. The first-order valence-corrected chi connectivity index (χ1v) is 14.8. The van der Waals surface area contributed by atoms with Crippen molar-refractivity contribution >= 4 is 41.4 Å².